The number of rotatable bonds is 10. The summed E-state index contributed by atoms with van der Waals surface area (Å²) in [6, 6.07) is 29.6. The van der Waals surface area contributed by atoms with E-state index in [2.05, 4.69) is 0 Å². The summed E-state index contributed by atoms with van der Waals surface area (Å²) in [5.41, 5.74) is 1.19. The molecule has 34 heavy (non-hydrogen) atoms. The van der Waals surface area contributed by atoms with Crippen molar-refractivity contribution in [2.24, 2.45) is 0 Å². The zero-order valence-corrected chi connectivity index (χ0v) is 20.1. The third kappa shape index (κ3) is 6.76. The smallest absolute Gasteiger partial charge is 0.308 e. The van der Waals surface area contributed by atoms with Gasteiger partial charge in [0.25, 0.3) is 0 Å². The zero-order valence-electron chi connectivity index (χ0n) is 20.1. The van der Waals surface area contributed by atoms with Crippen LogP contribution in [0, 0.1) is 0 Å². The van der Waals surface area contributed by atoms with Gasteiger partial charge in [-0.15, -0.1) is 0 Å². The molecule has 5 heteroatoms. The summed E-state index contributed by atoms with van der Waals surface area (Å²) in [5, 5.41) is 21.1. The van der Waals surface area contributed by atoms with Crippen molar-refractivity contribution in [3.63, 3.8) is 0 Å². The van der Waals surface area contributed by atoms with E-state index < -0.39 is 29.4 Å². The summed E-state index contributed by atoms with van der Waals surface area (Å²) in [6.45, 7) is 5.28. The van der Waals surface area contributed by atoms with Crippen molar-refractivity contribution in [2.45, 2.75) is 57.0 Å². The quantitative estimate of drug-likeness (QED) is 0.333. The van der Waals surface area contributed by atoms with Gasteiger partial charge in [0.1, 0.15) is 11.2 Å². The van der Waals surface area contributed by atoms with Crippen LogP contribution in [0.4, 0.5) is 0 Å². The molecule has 0 amide bonds. The monoisotopic (exact) mass is 462 g/mol. The van der Waals surface area contributed by atoms with Crippen molar-refractivity contribution < 1.29 is 24.5 Å². The Bertz CT molecular complexity index is 916. The Morgan fingerprint density at radius 1 is 0.735 bits per heavy atom. The van der Waals surface area contributed by atoms with Crippen molar-refractivity contribution in [1.82, 2.24) is 0 Å². The predicted molar refractivity (Wildman–Crippen MR) is 132 cm³/mol. The lowest BCUT2D eigenvalue weighted by Crippen LogP contribution is -2.36. The molecule has 0 aliphatic rings. The third-order valence-electron chi connectivity index (χ3n) is 5.40. The van der Waals surface area contributed by atoms with E-state index in [-0.39, 0.29) is 19.4 Å². The molecule has 5 nitrogen and oxygen atoms in total. The molecular formula is C29H34O5. The van der Waals surface area contributed by atoms with Crippen molar-refractivity contribution in [1.29, 1.82) is 0 Å². The molecular weight excluding hydrogens is 428 g/mol. The average molecular weight is 463 g/mol. The SMILES string of the molecule is CC(C)(C)OC(=O)CC(O)CC(O)COC(c1ccccc1)(c1ccccc1)c1ccccc1. The van der Waals surface area contributed by atoms with Gasteiger partial charge in [0.15, 0.2) is 0 Å². The number of aliphatic hydroxyl groups is 2. The number of hydrogen-bond acceptors (Lipinski definition) is 5. The summed E-state index contributed by atoms with van der Waals surface area (Å²) in [5.74, 6) is -0.500. The van der Waals surface area contributed by atoms with Gasteiger partial charge in [-0.1, -0.05) is 91.0 Å². The second-order valence-corrected chi connectivity index (χ2v) is 9.42. The van der Waals surface area contributed by atoms with Crippen molar-refractivity contribution in [3.8, 4) is 0 Å². The third-order valence-corrected chi connectivity index (χ3v) is 5.40. The molecule has 0 saturated heterocycles. The van der Waals surface area contributed by atoms with E-state index in [1.54, 1.807) is 20.8 Å². The number of hydrogen-bond donors (Lipinski definition) is 2. The van der Waals surface area contributed by atoms with E-state index in [4.69, 9.17) is 9.47 Å². The average Bonchev–Trinajstić information content (AvgIpc) is 2.80. The van der Waals surface area contributed by atoms with Crippen molar-refractivity contribution in [3.05, 3.63) is 108 Å². The van der Waals surface area contributed by atoms with Crippen LogP contribution in [-0.2, 0) is 19.9 Å². The fourth-order valence-electron chi connectivity index (χ4n) is 4.03. The van der Waals surface area contributed by atoms with Crippen LogP contribution in [0.25, 0.3) is 0 Å². The van der Waals surface area contributed by atoms with Gasteiger partial charge in [-0.2, -0.15) is 0 Å². The summed E-state index contributed by atoms with van der Waals surface area (Å²) in [6.07, 6.45) is -2.20. The molecule has 3 aromatic rings. The second kappa shape index (κ2) is 11.4. The van der Waals surface area contributed by atoms with E-state index in [0.717, 1.165) is 16.7 Å². The maximum Gasteiger partial charge on any atom is 0.308 e. The van der Waals surface area contributed by atoms with Crippen LogP contribution in [0.2, 0.25) is 0 Å². The Balaban J connectivity index is 1.84. The normalized spacial score (nSPS) is 13.8. The van der Waals surface area contributed by atoms with Crippen molar-refractivity contribution in [2.75, 3.05) is 6.61 Å². The van der Waals surface area contributed by atoms with Crippen molar-refractivity contribution >= 4 is 5.97 Å². The molecule has 3 rings (SSSR count). The molecule has 3 aromatic carbocycles. The minimum Gasteiger partial charge on any atom is -0.460 e. The number of carbonyl (C=O) groups is 1. The number of carbonyl (C=O) groups excluding carboxylic acids is 1. The molecule has 0 spiro atoms. The first-order valence-electron chi connectivity index (χ1n) is 11.6. The molecule has 2 unspecified atom stereocenters. The highest BCUT2D eigenvalue weighted by Gasteiger charge is 2.38. The maximum atomic E-state index is 12.0. The van der Waals surface area contributed by atoms with Gasteiger partial charge in [0.2, 0.25) is 0 Å². The predicted octanol–water partition coefficient (Wildman–Crippen LogP) is 4.84. The fourth-order valence-corrected chi connectivity index (χ4v) is 4.03. The van der Waals surface area contributed by atoms with Crippen LogP contribution in [0.1, 0.15) is 50.3 Å². The molecule has 180 valence electrons. The number of benzene rings is 3. The van der Waals surface area contributed by atoms with Gasteiger partial charge < -0.3 is 19.7 Å². The first-order valence-corrected chi connectivity index (χ1v) is 11.6. The molecule has 0 bridgehead atoms. The van der Waals surface area contributed by atoms with Crippen LogP contribution in [0.3, 0.4) is 0 Å². The first-order chi connectivity index (χ1) is 16.2. The standard InChI is InChI=1S/C29H34O5/c1-28(2,3)34-27(32)20-25(30)19-26(31)21-33-29(22-13-7-4-8-14-22,23-15-9-5-10-16-23)24-17-11-6-12-18-24/h4-18,25-26,30-31H,19-21H2,1-3H3. The van der Waals surface area contributed by atoms with Gasteiger partial charge in [-0.25, -0.2) is 0 Å². The Morgan fingerprint density at radius 3 is 1.53 bits per heavy atom. The van der Waals surface area contributed by atoms with Crippen LogP contribution in [0.15, 0.2) is 91.0 Å². The van der Waals surface area contributed by atoms with Crippen LogP contribution in [0.5, 0.6) is 0 Å². The van der Waals surface area contributed by atoms with Gasteiger partial charge in [0, 0.05) is 6.42 Å². The lowest BCUT2D eigenvalue weighted by atomic mass is 9.80. The highest BCUT2D eigenvalue weighted by molar-refractivity contribution is 5.70. The van der Waals surface area contributed by atoms with Gasteiger partial charge in [-0.05, 0) is 37.5 Å². The molecule has 0 heterocycles. The molecule has 0 aliphatic heterocycles. The molecule has 0 saturated carbocycles. The number of ether oxygens (including phenoxy) is 2. The minimum atomic E-state index is -1.03. The van der Waals surface area contributed by atoms with E-state index >= 15 is 0 Å². The fraction of sp³-hybridized carbons (Fsp3) is 0.345. The topological polar surface area (TPSA) is 76.0 Å². The van der Waals surface area contributed by atoms with Crippen LogP contribution < -0.4 is 0 Å². The Kier molecular flexibility index (Phi) is 8.61. The number of esters is 1. The van der Waals surface area contributed by atoms with E-state index in [1.165, 1.54) is 0 Å². The summed E-state index contributed by atoms with van der Waals surface area (Å²) < 4.78 is 11.8. The summed E-state index contributed by atoms with van der Waals surface area (Å²) >= 11 is 0. The maximum absolute atomic E-state index is 12.0. The lowest BCUT2D eigenvalue weighted by molar-refractivity contribution is -0.157. The van der Waals surface area contributed by atoms with Gasteiger partial charge in [-0.3, -0.25) is 4.79 Å². The lowest BCUT2D eigenvalue weighted by Gasteiger charge is -2.36. The Labute approximate surface area is 202 Å². The second-order valence-electron chi connectivity index (χ2n) is 9.42. The summed E-state index contributed by atoms with van der Waals surface area (Å²) in [7, 11) is 0. The number of aliphatic hydroxyl groups excluding tert-OH is 2. The molecule has 0 radical (unpaired) electrons. The molecule has 0 aliphatic carbocycles. The summed E-state index contributed by atoms with van der Waals surface area (Å²) in [4.78, 5) is 12.0. The van der Waals surface area contributed by atoms with Crippen LogP contribution >= 0.6 is 0 Å². The van der Waals surface area contributed by atoms with E-state index in [0.29, 0.717) is 0 Å². The van der Waals surface area contributed by atoms with Gasteiger partial charge in [0.05, 0.1) is 25.2 Å². The molecule has 2 N–H and O–H groups in total. The molecule has 0 aromatic heterocycles. The molecule has 0 fully saturated rings. The highest BCUT2D eigenvalue weighted by atomic mass is 16.6. The van der Waals surface area contributed by atoms with E-state index in [1.807, 2.05) is 91.0 Å². The first kappa shape index (κ1) is 25.6. The minimum absolute atomic E-state index is 0.00626. The molecule has 2 atom stereocenters. The van der Waals surface area contributed by atoms with Gasteiger partial charge >= 0.3 is 5.97 Å². The van der Waals surface area contributed by atoms with Crippen LogP contribution in [-0.4, -0.2) is 40.6 Å². The Morgan fingerprint density at radius 2 is 1.15 bits per heavy atom. The Hall–Kier alpha value is -2.99. The zero-order chi connectivity index (χ0) is 24.6. The van der Waals surface area contributed by atoms with E-state index in [9.17, 15) is 15.0 Å². The highest BCUT2D eigenvalue weighted by Crippen LogP contribution is 2.40. The largest absolute Gasteiger partial charge is 0.460 e.